The molecule has 0 aliphatic heterocycles. The zero-order chi connectivity index (χ0) is 18.7. The Labute approximate surface area is 138 Å². The average Bonchev–Trinajstić information content (AvgIpc) is 2.47. The molecule has 0 saturated heterocycles. The van der Waals surface area contributed by atoms with Gasteiger partial charge in [0.15, 0.2) is 5.75 Å². The summed E-state index contributed by atoms with van der Waals surface area (Å²) in [5.41, 5.74) is -1.27. The molecule has 25 heavy (non-hydrogen) atoms. The van der Waals surface area contributed by atoms with E-state index in [1.54, 1.807) is 6.92 Å². The van der Waals surface area contributed by atoms with Crippen LogP contribution in [0.15, 0.2) is 24.4 Å². The molecule has 0 fully saturated rings. The smallest absolute Gasteiger partial charge is 0.404 e. The molecule has 0 saturated carbocycles. The number of nitrogens with zero attached hydrogens (tertiary/aromatic N) is 2. The fourth-order valence-corrected chi connectivity index (χ4v) is 1.80. The van der Waals surface area contributed by atoms with Crippen LogP contribution in [0.25, 0.3) is 0 Å². The summed E-state index contributed by atoms with van der Waals surface area (Å²) in [6.45, 7) is 1.72. The van der Waals surface area contributed by atoms with E-state index in [-0.39, 0.29) is 18.2 Å². The Kier molecular flexibility index (Phi) is 5.24. The minimum atomic E-state index is -4.94. The maximum Gasteiger partial charge on any atom is 0.573 e. The van der Waals surface area contributed by atoms with Crippen LogP contribution in [0.2, 0.25) is 0 Å². The summed E-state index contributed by atoms with van der Waals surface area (Å²) in [4.78, 5) is 7.15. The molecule has 0 unspecified atom stereocenters. The van der Waals surface area contributed by atoms with Gasteiger partial charge < -0.3 is 15.4 Å². The first-order valence-corrected chi connectivity index (χ1v) is 6.81. The Morgan fingerprint density at radius 2 is 1.92 bits per heavy atom. The molecule has 0 spiro atoms. The van der Waals surface area contributed by atoms with E-state index in [1.165, 1.54) is 12.1 Å². The van der Waals surface area contributed by atoms with Crippen molar-refractivity contribution in [2.45, 2.75) is 19.5 Å². The molecular formula is C14H11F6N4O. The molecule has 1 aromatic heterocycles. The number of rotatable bonds is 5. The van der Waals surface area contributed by atoms with Gasteiger partial charge in [0.2, 0.25) is 5.95 Å². The number of nitrogens with one attached hydrogen (secondary N) is 2. The van der Waals surface area contributed by atoms with Crippen LogP contribution in [0.3, 0.4) is 0 Å². The number of hydrogen-bond acceptors (Lipinski definition) is 5. The van der Waals surface area contributed by atoms with E-state index in [4.69, 9.17) is 0 Å². The Hall–Kier alpha value is -2.72. The maximum atomic E-state index is 12.9. The third kappa shape index (κ3) is 5.13. The second-order valence-electron chi connectivity index (χ2n) is 4.58. The molecule has 0 atom stereocenters. The number of anilines is 3. The maximum absolute atomic E-state index is 12.9. The predicted molar refractivity (Wildman–Crippen MR) is 76.4 cm³/mol. The van der Waals surface area contributed by atoms with Gasteiger partial charge in [-0.3, -0.25) is 0 Å². The van der Waals surface area contributed by atoms with Crippen molar-refractivity contribution in [2.24, 2.45) is 0 Å². The van der Waals surface area contributed by atoms with Crippen molar-refractivity contribution in [1.29, 1.82) is 0 Å². The van der Waals surface area contributed by atoms with Gasteiger partial charge in [0.1, 0.15) is 11.4 Å². The zero-order valence-corrected chi connectivity index (χ0v) is 12.6. The number of benzene rings is 1. The summed E-state index contributed by atoms with van der Waals surface area (Å²) in [5.74, 6) is -1.45. The summed E-state index contributed by atoms with van der Waals surface area (Å²) in [6, 6.07) is 5.81. The first-order valence-electron chi connectivity index (χ1n) is 6.81. The second-order valence-corrected chi connectivity index (χ2v) is 4.58. The molecule has 5 nitrogen and oxygen atoms in total. The summed E-state index contributed by atoms with van der Waals surface area (Å²) >= 11 is 0. The fraction of sp³-hybridized carbons (Fsp3) is 0.286. The molecule has 0 aliphatic rings. The predicted octanol–water partition coefficient (Wildman–Crippen LogP) is 4.37. The molecule has 135 valence electrons. The molecule has 0 aliphatic carbocycles. The number of halogens is 6. The monoisotopic (exact) mass is 365 g/mol. The van der Waals surface area contributed by atoms with Gasteiger partial charge in [0, 0.05) is 12.7 Å². The van der Waals surface area contributed by atoms with Gasteiger partial charge in [-0.1, -0.05) is 6.07 Å². The van der Waals surface area contributed by atoms with Crippen LogP contribution in [0.5, 0.6) is 5.75 Å². The molecule has 0 bridgehead atoms. The van der Waals surface area contributed by atoms with Gasteiger partial charge in [0.05, 0.1) is 5.69 Å². The highest BCUT2D eigenvalue weighted by atomic mass is 19.4. The van der Waals surface area contributed by atoms with Crippen LogP contribution in [0.4, 0.5) is 43.8 Å². The highest BCUT2D eigenvalue weighted by molar-refractivity contribution is 5.63. The minimum Gasteiger partial charge on any atom is -0.404 e. The number of ether oxygens (including phenoxy) is 1. The van der Waals surface area contributed by atoms with Crippen molar-refractivity contribution in [3.8, 4) is 5.75 Å². The van der Waals surface area contributed by atoms with Crippen molar-refractivity contribution in [3.63, 3.8) is 0 Å². The van der Waals surface area contributed by atoms with Crippen LogP contribution in [0, 0.1) is 6.07 Å². The van der Waals surface area contributed by atoms with Crippen LogP contribution >= 0.6 is 0 Å². The third-order valence-electron chi connectivity index (χ3n) is 2.74. The molecule has 11 heteroatoms. The first-order chi connectivity index (χ1) is 11.6. The Morgan fingerprint density at radius 1 is 1.20 bits per heavy atom. The Balaban J connectivity index is 2.34. The largest absolute Gasteiger partial charge is 0.573 e. The molecule has 0 amide bonds. The lowest BCUT2D eigenvalue weighted by molar-refractivity contribution is -0.274. The van der Waals surface area contributed by atoms with Crippen molar-refractivity contribution >= 4 is 17.5 Å². The normalized spacial score (nSPS) is 12.0. The first kappa shape index (κ1) is 18.6. The quantitative estimate of drug-likeness (QED) is 0.771. The van der Waals surface area contributed by atoms with Crippen LogP contribution in [-0.4, -0.2) is 22.9 Å². The SMILES string of the molecule is CCNc1nc(Nc2cc[c]cc2OC(F)(F)F)ncc1C(F)(F)F. The number of hydrogen-bond donors (Lipinski definition) is 2. The summed E-state index contributed by atoms with van der Waals surface area (Å²) in [6.07, 6.45) is -9.09. The van der Waals surface area contributed by atoms with Gasteiger partial charge in [0.25, 0.3) is 0 Å². The lowest BCUT2D eigenvalue weighted by atomic mass is 10.3. The van der Waals surface area contributed by atoms with Gasteiger partial charge in [-0.15, -0.1) is 13.2 Å². The minimum absolute atomic E-state index is 0.155. The van der Waals surface area contributed by atoms with E-state index in [0.29, 0.717) is 6.20 Å². The molecule has 2 rings (SSSR count). The molecule has 1 radical (unpaired) electrons. The lowest BCUT2D eigenvalue weighted by Crippen LogP contribution is -2.18. The fourth-order valence-electron chi connectivity index (χ4n) is 1.80. The summed E-state index contributed by atoms with van der Waals surface area (Å²) in [5, 5.41) is 4.83. The van der Waals surface area contributed by atoms with E-state index in [1.807, 2.05) is 0 Å². The van der Waals surface area contributed by atoms with E-state index in [9.17, 15) is 26.3 Å². The van der Waals surface area contributed by atoms with Crippen LogP contribution < -0.4 is 15.4 Å². The molecule has 1 heterocycles. The molecule has 2 aromatic rings. The van der Waals surface area contributed by atoms with Gasteiger partial charge in [-0.2, -0.15) is 18.2 Å². The molecule has 1 aromatic carbocycles. The Bertz CT molecular complexity index is 732. The van der Waals surface area contributed by atoms with E-state index in [0.717, 1.165) is 6.07 Å². The number of aromatic nitrogens is 2. The van der Waals surface area contributed by atoms with Crippen molar-refractivity contribution in [1.82, 2.24) is 9.97 Å². The van der Waals surface area contributed by atoms with E-state index in [2.05, 4.69) is 31.4 Å². The van der Waals surface area contributed by atoms with Gasteiger partial charge >= 0.3 is 12.5 Å². The van der Waals surface area contributed by atoms with Crippen molar-refractivity contribution in [2.75, 3.05) is 17.2 Å². The zero-order valence-electron chi connectivity index (χ0n) is 12.6. The summed E-state index contributed by atoms with van der Waals surface area (Å²) in [7, 11) is 0. The highest BCUT2D eigenvalue weighted by Gasteiger charge is 2.35. The average molecular weight is 365 g/mol. The van der Waals surface area contributed by atoms with Gasteiger partial charge in [-0.05, 0) is 25.1 Å². The van der Waals surface area contributed by atoms with E-state index >= 15 is 0 Å². The van der Waals surface area contributed by atoms with Gasteiger partial charge in [-0.25, -0.2) is 4.98 Å². The van der Waals surface area contributed by atoms with Crippen molar-refractivity contribution < 1.29 is 31.1 Å². The Morgan fingerprint density at radius 3 is 2.52 bits per heavy atom. The topological polar surface area (TPSA) is 59.1 Å². The van der Waals surface area contributed by atoms with Crippen LogP contribution in [-0.2, 0) is 6.18 Å². The molecular weight excluding hydrogens is 354 g/mol. The lowest BCUT2D eigenvalue weighted by Gasteiger charge is -2.16. The number of alkyl halides is 6. The summed E-state index contributed by atoms with van der Waals surface area (Å²) < 4.78 is 79.6. The molecule has 2 N–H and O–H groups in total. The van der Waals surface area contributed by atoms with E-state index < -0.39 is 29.7 Å². The van der Waals surface area contributed by atoms with Crippen LogP contribution in [0.1, 0.15) is 12.5 Å². The highest BCUT2D eigenvalue weighted by Crippen LogP contribution is 2.35. The standard InChI is InChI=1S/C14H11F6N4O/c1-2-21-11-8(13(15,16)17)7-22-12(24-11)23-9-5-3-4-6-10(9)25-14(18,19)20/h3,5-7H,2H2,1H3,(H2,21,22,23,24). The second kappa shape index (κ2) is 7.03. The third-order valence-corrected chi connectivity index (χ3v) is 2.74. The van der Waals surface area contributed by atoms with Crippen molar-refractivity contribution in [3.05, 3.63) is 36.0 Å².